The van der Waals surface area contributed by atoms with Gasteiger partial charge < -0.3 is 5.32 Å². The molecular formula is C22H21N3O2. The van der Waals surface area contributed by atoms with Crippen molar-refractivity contribution in [1.29, 1.82) is 0 Å². The zero-order valence-corrected chi connectivity index (χ0v) is 15.2. The van der Waals surface area contributed by atoms with E-state index in [1.54, 1.807) is 0 Å². The zero-order chi connectivity index (χ0) is 18.8. The van der Waals surface area contributed by atoms with Crippen LogP contribution in [0.1, 0.15) is 41.4 Å². The molecule has 0 unspecified atom stereocenters. The van der Waals surface area contributed by atoms with E-state index in [9.17, 15) is 9.59 Å². The molecule has 1 aromatic heterocycles. The second-order valence-corrected chi connectivity index (χ2v) is 6.79. The molecule has 27 heavy (non-hydrogen) atoms. The number of nitrogens with zero attached hydrogens (tertiary/aromatic N) is 2. The third kappa shape index (κ3) is 3.40. The number of benzene rings is 2. The monoisotopic (exact) mass is 359 g/mol. The summed E-state index contributed by atoms with van der Waals surface area (Å²) in [7, 11) is 0. The molecule has 3 aromatic rings. The Morgan fingerprint density at radius 2 is 1.89 bits per heavy atom. The van der Waals surface area contributed by atoms with Crippen molar-refractivity contribution in [2.24, 2.45) is 0 Å². The molecule has 1 aliphatic rings. The van der Waals surface area contributed by atoms with Crippen LogP contribution in [-0.2, 0) is 13.0 Å². The van der Waals surface area contributed by atoms with Crippen LogP contribution in [0.15, 0.2) is 59.4 Å². The number of carbonyl (C=O) groups excluding carboxylic acids is 1. The molecule has 0 spiro atoms. The normalized spacial score (nSPS) is 11.7. The van der Waals surface area contributed by atoms with Gasteiger partial charge in [-0.1, -0.05) is 43.7 Å². The maximum Gasteiger partial charge on any atom is 0.276 e. The van der Waals surface area contributed by atoms with Crippen molar-refractivity contribution >= 4 is 11.6 Å². The van der Waals surface area contributed by atoms with Crippen LogP contribution in [0.5, 0.6) is 0 Å². The number of hydrogen-bond donors (Lipinski definition) is 1. The highest BCUT2D eigenvalue weighted by Gasteiger charge is 2.18. The van der Waals surface area contributed by atoms with Crippen LogP contribution in [0.25, 0.3) is 11.1 Å². The van der Waals surface area contributed by atoms with Gasteiger partial charge in [0.05, 0.1) is 0 Å². The molecular weight excluding hydrogens is 338 g/mol. The van der Waals surface area contributed by atoms with Crippen LogP contribution in [0.2, 0.25) is 0 Å². The average molecular weight is 359 g/mol. The summed E-state index contributed by atoms with van der Waals surface area (Å²) in [6.45, 7) is 2.57. The number of unbranched alkanes of at least 4 members (excludes halogenated alkanes) is 1. The summed E-state index contributed by atoms with van der Waals surface area (Å²) < 4.78 is 1.36. The van der Waals surface area contributed by atoms with Gasteiger partial charge in [-0.2, -0.15) is 5.10 Å². The van der Waals surface area contributed by atoms with Gasteiger partial charge in [-0.15, -0.1) is 0 Å². The van der Waals surface area contributed by atoms with E-state index in [-0.39, 0.29) is 17.2 Å². The summed E-state index contributed by atoms with van der Waals surface area (Å²) in [5.74, 6) is -0.310. The number of nitrogens with one attached hydrogen (secondary N) is 1. The van der Waals surface area contributed by atoms with Crippen molar-refractivity contribution in [2.45, 2.75) is 32.7 Å². The maximum absolute atomic E-state index is 12.6. The minimum atomic E-state index is -0.310. The Bertz CT molecular complexity index is 1070. The zero-order valence-electron chi connectivity index (χ0n) is 15.2. The quantitative estimate of drug-likeness (QED) is 0.588. The van der Waals surface area contributed by atoms with Crippen molar-refractivity contribution < 1.29 is 4.79 Å². The first-order chi connectivity index (χ1) is 13.2. The number of anilines is 1. The van der Waals surface area contributed by atoms with E-state index in [0.29, 0.717) is 6.54 Å². The summed E-state index contributed by atoms with van der Waals surface area (Å²) in [5.41, 5.74) is 5.78. The van der Waals surface area contributed by atoms with Gasteiger partial charge in [0.1, 0.15) is 5.69 Å². The van der Waals surface area contributed by atoms with Gasteiger partial charge in [0.25, 0.3) is 11.5 Å². The molecule has 5 nitrogen and oxygen atoms in total. The number of rotatable bonds is 5. The van der Waals surface area contributed by atoms with E-state index >= 15 is 0 Å². The molecule has 0 bridgehead atoms. The minimum Gasteiger partial charge on any atom is -0.321 e. The molecule has 136 valence electrons. The first kappa shape index (κ1) is 17.2. The van der Waals surface area contributed by atoms with E-state index in [4.69, 9.17) is 0 Å². The first-order valence-corrected chi connectivity index (χ1v) is 9.26. The maximum atomic E-state index is 12.6. The third-order valence-corrected chi connectivity index (χ3v) is 4.87. The number of aryl methyl sites for hydroxylation is 1. The molecule has 0 saturated heterocycles. The van der Waals surface area contributed by atoms with Gasteiger partial charge in [-0.05, 0) is 53.3 Å². The molecule has 2 aromatic carbocycles. The smallest absolute Gasteiger partial charge is 0.276 e. The van der Waals surface area contributed by atoms with E-state index < -0.39 is 0 Å². The standard InChI is InChI=1S/C22H21N3O2/c1-2-3-12-25-21(26)11-10-20(24-25)22(27)23-17-8-9-19-16(14-17)13-15-6-4-5-7-18(15)19/h4-11,14H,2-3,12-13H2,1H3,(H,23,27). The molecule has 1 aliphatic carbocycles. The Balaban J connectivity index is 1.54. The number of carbonyl (C=O) groups is 1. The largest absolute Gasteiger partial charge is 0.321 e. The summed E-state index contributed by atoms with van der Waals surface area (Å²) in [6.07, 6.45) is 2.68. The summed E-state index contributed by atoms with van der Waals surface area (Å²) >= 11 is 0. The van der Waals surface area contributed by atoms with Gasteiger partial charge in [0.2, 0.25) is 0 Å². The molecule has 0 fully saturated rings. The van der Waals surface area contributed by atoms with Crippen LogP contribution in [0.3, 0.4) is 0 Å². The van der Waals surface area contributed by atoms with Crippen molar-refractivity contribution in [1.82, 2.24) is 9.78 Å². The van der Waals surface area contributed by atoms with Crippen LogP contribution >= 0.6 is 0 Å². The van der Waals surface area contributed by atoms with Gasteiger partial charge in [0.15, 0.2) is 0 Å². The Labute approximate surface area is 157 Å². The number of hydrogen-bond acceptors (Lipinski definition) is 3. The van der Waals surface area contributed by atoms with Gasteiger partial charge >= 0.3 is 0 Å². The molecule has 1 heterocycles. The highest BCUT2D eigenvalue weighted by atomic mass is 16.2. The summed E-state index contributed by atoms with van der Waals surface area (Å²) in [5, 5.41) is 7.10. The molecule has 0 atom stereocenters. The Morgan fingerprint density at radius 3 is 2.74 bits per heavy atom. The van der Waals surface area contributed by atoms with Crippen LogP contribution in [0, 0.1) is 0 Å². The highest BCUT2D eigenvalue weighted by molar-refractivity contribution is 6.03. The van der Waals surface area contributed by atoms with Crippen molar-refractivity contribution in [3.05, 3.63) is 81.8 Å². The average Bonchev–Trinajstić information content (AvgIpc) is 3.05. The van der Waals surface area contributed by atoms with E-state index in [1.165, 1.54) is 39.1 Å². The van der Waals surface area contributed by atoms with Gasteiger partial charge in [-0.3, -0.25) is 9.59 Å². The first-order valence-electron chi connectivity index (χ1n) is 9.26. The fraction of sp³-hybridized carbons (Fsp3) is 0.227. The predicted octanol–water partition coefficient (Wildman–Crippen LogP) is 3.87. The second-order valence-electron chi connectivity index (χ2n) is 6.79. The number of amides is 1. The third-order valence-electron chi connectivity index (χ3n) is 4.87. The molecule has 1 N–H and O–H groups in total. The summed E-state index contributed by atoms with van der Waals surface area (Å²) in [6, 6.07) is 17.2. The van der Waals surface area contributed by atoms with E-state index in [1.807, 2.05) is 37.3 Å². The number of fused-ring (bicyclic) bond motifs is 3. The predicted molar refractivity (Wildman–Crippen MR) is 106 cm³/mol. The highest BCUT2D eigenvalue weighted by Crippen LogP contribution is 2.37. The van der Waals surface area contributed by atoms with E-state index in [0.717, 1.165) is 24.9 Å². The Hall–Kier alpha value is -3.21. The van der Waals surface area contributed by atoms with Gasteiger partial charge in [-0.25, -0.2) is 4.68 Å². The number of aromatic nitrogens is 2. The summed E-state index contributed by atoms with van der Waals surface area (Å²) in [4.78, 5) is 24.4. The SMILES string of the molecule is CCCCn1nc(C(=O)Nc2ccc3c(c2)Cc2ccccc2-3)ccc1=O. The molecule has 0 saturated carbocycles. The fourth-order valence-corrected chi connectivity index (χ4v) is 3.46. The second kappa shape index (κ2) is 7.19. The van der Waals surface area contributed by atoms with Crippen LogP contribution < -0.4 is 10.9 Å². The fourth-order valence-electron chi connectivity index (χ4n) is 3.46. The Kier molecular flexibility index (Phi) is 4.59. The molecule has 1 amide bonds. The van der Waals surface area contributed by atoms with Crippen molar-refractivity contribution in [3.8, 4) is 11.1 Å². The van der Waals surface area contributed by atoms with Crippen molar-refractivity contribution in [3.63, 3.8) is 0 Å². The van der Waals surface area contributed by atoms with E-state index in [2.05, 4.69) is 22.5 Å². The van der Waals surface area contributed by atoms with Crippen LogP contribution in [-0.4, -0.2) is 15.7 Å². The lowest BCUT2D eigenvalue weighted by atomic mass is 10.1. The van der Waals surface area contributed by atoms with Crippen molar-refractivity contribution in [2.75, 3.05) is 5.32 Å². The lowest BCUT2D eigenvalue weighted by Crippen LogP contribution is -2.26. The lowest BCUT2D eigenvalue weighted by Gasteiger charge is -2.09. The molecule has 0 radical (unpaired) electrons. The lowest BCUT2D eigenvalue weighted by molar-refractivity contribution is 0.101. The van der Waals surface area contributed by atoms with Crippen LogP contribution in [0.4, 0.5) is 5.69 Å². The Morgan fingerprint density at radius 1 is 1.07 bits per heavy atom. The molecule has 5 heteroatoms. The van der Waals surface area contributed by atoms with Gasteiger partial charge in [0, 0.05) is 18.3 Å². The minimum absolute atomic E-state index is 0.185. The topological polar surface area (TPSA) is 64.0 Å². The molecule has 0 aliphatic heterocycles. The molecule has 4 rings (SSSR count).